The van der Waals surface area contributed by atoms with Gasteiger partial charge >= 0.3 is 5.97 Å². The van der Waals surface area contributed by atoms with Gasteiger partial charge in [-0.3, -0.25) is 9.89 Å². The van der Waals surface area contributed by atoms with E-state index in [1.165, 1.54) is 32.1 Å². The van der Waals surface area contributed by atoms with Crippen LogP contribution in [0.5, 0.6) is 0 Å². The summed E-state index contributed by atoms with van der Waals surface area (Å²) in [4.78, 5) is 15.3. The van der Waals surface area contributed by atoms with Crippen molar-refractivity contribution >= 4 is 5.97 Å². The lowest BCUT2D eigenvalue weighted by Gasteiger charge is -2.17. The predicted octanol–water partition coefficient (Wildman–Crippen LogP) is 2.04. The molecule has 0 bridgehead atoms. The first-order valence-electron chi connectivity index (χ1n) is 6.40. The van der Waals surface area contributed by atoms with Crippen molar-refractivity contribution in [1.82, 2.24) is 15.2 Å². The maximum absolute atomic E-state index is 10.8. The Morgan fingerprint density at radius 1 is 1.29 bits per heavy atom. The first-order valence-corrected chi connectivity index (χ1v) is 6.40. The Morgan fingerprint density at radius 2 is 2.06 bits per heavy atom. The molecule has 2 N–H and O–H groups in total. The molecule has 2 saturated carbocycles. The van der Waals surface area contributed by atoms with E-state index >= 15 is 0 Å². The molecular weight excluding hydrogens is 218 g/mol. The number of carbonyl (C=O) groups is 1. The van der Waals surface area contributed by atoms with Crippen molar-refractivity contribution in [3.63, 3.8) is 0 Å². The molecule has 2 aliphatic carbocycles. The Kier molecular flexibility index (Phi) is 2.61. The molecule has 5 heteroatoms. The van der Waals surface area contributed by atoms with Crippen LogP contribution in [0.4, 0.5) is 0 Å². The normalized spacial score (nSPS) is 29.2. The zero-order valence-electron chi connectivity index (χ0n) is 9.72. The monoisotopic (exact) mass is 235 g/mol. The molecule has 0 saturated heterocycles. The minimum absolute atomic E-state index is 0.0670. The predicted molar refractivity (Wildman–Crippen MR) is 60.7 cm³/mol. The summed E-state index contributed by atoms with van der Waals surface area (Å²) in [5.41, 5.74) is 0. The van der Waals surface area contributed by atoms with Gasteiger partial charge in [-0.15, -0.1) is 0 Å². The fourth-order valence-electron chi connectivity index (χ4n) is 2.77. The lowest BCUT2D eigenvalue weighted by atomic mass is 9.89. The maximum Gasteiger partial charge on any atom is 0.307 e. The summed E-state index contributed by atoms with van der Waals surface area (Å²) < 4.78 is 0. The summed E-state index contributed by atoms with van der Waals surface area (Å²) in [5.74, 6) is 1.26. The highest BCUT2D eigenvalue weighted by atomic mass is 16.4. The number of rotatable bonds is 3. The van der Waals surface area contributed by atoms with Crippen LogP contribution < -0.4 is 0 Å². The fraction of sp³-hybridized carbons (Fsp3) is 0.750. The molecule has 17 heavy (non-hydrogen) atoms. The van der Waals surface area contributed by atoms with Crippen molar-refractivity contribution in [2.75, 3.05) is 0 Å². The van der Waals surface area contributed by atoms with Crippen LogP contribution in [-0.4, -0.2) is 26.3 Å². The Morgan fingerprint density at radius 3 is 2.71 bits per heavy atom. The summed E-state index contributed by atoms with van der Waals surface area (Å²) in [6.07, 6.45) is 6.88. The Bertz CT molecular complexity index is 423. The van der Waals surface area contributed by atoms with Crippen LogP contribution in [0.15, 0.2) is 0 Å². The van der Waals surface area contributed by atoms with Crippen molar-refractivity contribution in [3.05, 3.63) is 11.6 Å². The van der Waals surface area contributed by atoms with E-state index in [0.29, 0.717) is 12.3 Å². The van der Waals surface area contributed by atoms with E-state index in [1.807, 2.05) is 0 Å². The van der Waals surface area contributed by atoms with Gasteiger partial charge in [0.1, 0.15) is 5.82 Å². The first-order chi connectivity index (χ1) is 8.25. The van der Waals surface area contributed by atoms with Crippen LogP contribution in [-0.2, 0) is 4.79 Å². The molecule has 1 aromatic heterocycles. The Balaban J connectivity index is 1.68. The average Bonchev–Trinajstić information content (AvgIpc) is 3.01. The number of hydrogen-bond acceptors (Lipinski definition) is 3. The van der Waals surface area contributed by atoms with Gasteiger partial charge < -0.3 is 5.11 Å². The summed E-state index contributed by atoms with van der Waals surface area (Å²) in [6.45, 7) is 0. The Labute approximate surface area is 99.6 Å². The molecule has 2 atom stereocenters. The third kappa shape index (κ3) is 2.06. The van der Waals surface area contributed by atoms with E-state index < -0.39 is 5.97 Å². The summed E-state index contributed by atoms with van der Waals surface area (Å²) in [7, 11) is 0. The molecule has 1 heterocycles. The lowest BCUT2D eigenvalue weighted by Crippen LogP contribution is -2.06. The molecule has 3 rings (SSSR count). The van der Waals surface area contributed by atoms with Crippen molar-refractivity contribution in [3.8, 4) is 0 Å². The standard InChI is InChI=1S/C12H17N3O2/c16-12(17)9-6-8(9)11-13-10(14-15-11)7-4-2-1-3-5-7/h7-9H,1-6H2,(H,16,17)(H,13,14,15). The molecule has 0 spiro atoms. The highest BCUT2D eigenvalue weighted by Gasteiger charge is 2.46. The highest BCUT2D eigenvalue weighted by molar-refractivity contribution is 5.74. The van der Waals surface area contributed by atoms with Crippen LogP contribution in [0, 0.1) is 5.92 Å². The zero-order valence-corrected chi connectivity index (χ0v) is 9.72. The number of nitrogens with one attached hydrogen (secondary N) is 1. The number of nitrogens with zero attached hydrogens (tertiary/aromatic N) is 2. The minimum Gasteiger partial charge on any atom is -0.481 e. The van der Waals surface area contributed by atoms with Gasteiger partial charge in [-0.2, -0.15) is 5.10 Å². The summed E-state index contributed by atoms with van der Waals surface area (Å²) in [6, 6.07) is 0. The SMILES string of the molecule is O=C(O)C1CC1c1nc(C2CCCCC2)n[nH]1. The van der Waals surface area contributed by atoms with E-state index in [9.17, 15) is 4.79 Å². The van der Waals surface area contributed by atoms with Gasteiger partial charge in [0.2, 0.25) is 0 Å². The fourth-order valence-corrected chi connectivity index (χ4v) is 2.77. The Hall–Kier alpha value is -1.39. The van der Waals surface area contributed by atoms with Crippen LogP contribution >= 0.6 is 0 Å². The van der Waals surface area contributed by atoms with E-state index in [2.05, 4.69) is 15.2 Å². The molecule has 0 aliphatic heterocycles. The highest BCUT2D eigenvalue weighted by Crippen LogP contribution is 2.46. The van der Waals surface area contributed by atoms with Crippen LogP contribution in [0.1, 0.15) is 62.0 Å². The summed E-state index contributed by atoms with van der Waals surface area (Å²) >= 11 is 0. The second-order valence-corrected chi connectivity index (χ2v) is 5.20. The molecule has 0 amide bonds. The quantitative estimate of drug-likeness (QED) is 0.840. The molecule has 2 aliphatic rings. The molecule has 0 aromatic carbocycles. The van der Waals surface area contributed by atoms with E-state index in [-0.39, 0.29) is 11.8 Å². The van der Waals surface area contributed by atoms with Gasteiger partial charge in [-0.25, -0.2) is 4.98 Å². The number of H-pyrrole nitrogens is 1. The lowest BCUT2D eigenvalue weighted by molar-refractivity contribution is -0.138. The zero-order chi connectivity index (χ0) is 11.8. The van der Waals surface area contributed by atoms with Gasteiger partial charge in [0.15, 0.2) is 5.82 Å². The van der Waals surface area contributed by atoms with Gasteiger partial charge in [0, 0.05) is 11.8 Å². The number of aliphatic carboxylic acids is 1. The molecular formula is C12H17N3O2. The number of carboxylic acids is 1. The maximum atomic E-state index is 10.8. The van der Waals surface area contributed by atoms with Gasteiger partial charge in [-0.05, 0) is 19.3 Å². The third-order valence-electron chi connectivity index (χ3n) is 3.95. The number of aromatic amines is 1. The van der Waals surface area contributed by atoms with Gasteiger partial charge in [-0.1, -0.05) is 19.3 Å². The molecule has 2 fully saturated rings. The summed E-state index contributed by atoms with van der Waals surface area (Å²) in [5, 5.41) is 16.1. The second-order valence-electron chi connectivity index (χ2n) is 5.20. The number of carboxylic acid groups (broad SMARTS) is 1. The smallest absolute Gasteiger partial charge is 0.307 e. The molecule has 5 nitrogen and oxygen atoms in total. The molecule has 92 valence electrons. The van der Waals surface area contributed by atoms with Gasteiger partial charge in [0.25, 0.3) is 0 Å². The van der Waals surface area contributed by atoms with Crippen molar-refractivity contribution in [1.29, 1.82) is 0 Å². The van der Waals surface area contributed by atoms with E-state index in [0.717, 1.165) is 11.6 Å². The van der Waals surface area contributed by atoms with Crippen LogP contribution in [0.25, 0.3) is 0 Å². The largest absolute Gasteiger partial charge is 0.481 e. The molecule has 1 aromatic rings. The third-order valence-corrected chi connectivity index (χ3v) is 3.95. The van der Waals surface area contributed by atoms with E-state index in [1.54, 1.807) is 0 Å². The second kappa shape index (κ2) is 4.13. The van der Waals surface area contributed by atoms with Crippen molar-refractivity contribution < 1.29 is 9.90 Å². The number of aromatic nitrogens is 3. The van der Waals surface area contributed by atoms with Gasteiger partial charge in [0.05, 0.1) is 5.92 Å². The van der Waals surface area contributed by atoms with Crippen LogP contribution in [0.2, 0.25) is 0 Å². The minimum atomic E-state index is -0.717. The topological polar surface area (TPSA) is 78.9 Å². The van der Waals surface area contributed by atoms with Crippen molar-refractivity contribution in [2.24, 2.45) is 5.92 Å². The van der Waals surface area contributed by atoms with Crippen molar-refractivity contribution in [2.45, 2.75) is 50.4 Å². The van der Waals surface area contributed by atoms with E-state index in [4.69, 9.17) is 5.11 Å². The average molecular weight is 235 g/mol. The first kappa shape index (κ1) is 10.7. The van der Waals surface area contributed by atoms with Crippen LogP contribution in [0.3, 0.4) is 0 Å². The molecule has 2 unspecified atom stereocenters. The molecule has 0 radical (unpaired) electrons. The number of hydrogen-bond donors (Lipinski definition) is 2.